The van der Waals surface area contributed by atoms with Gasteiger partial charge >= 0.3 is 0 Å². The number of hydrogen-bond acceptors (Lipinski definition) is 3. The molecular weight excluding hydrogens is 296 g/mol. The van der Waals surface area contributed by atoms with E-state index < -0.39 is 0 Å². The summed E-state index contributed by atoms with van der Waals surface area (Å²) >= 11 is 5.34. The summed E-state index contributed by atoms with van der Waals surface area (Å²) in [5, 5.41) is 0. The molecule has 1 heterocycles. The molecule has 0 bridgehead atoms. The summed E-state index contributed by atoms with van der Waals surface area (Å²) in [7, 11) is 0. The molecule has 96 valence electrons. The fraction of sp³-hybridized carbons (Fsp3) is 0.692. The quantitative estimate of drug-likeness (QED) is 0.654. The Bertz CT molecular complexity index is 358. The molecule has 0 amide bonds. The molecule has 1 aliphatic rings. The molecule has 1 atom stereocenters. The summed E-state index contributed by atoms with van der Waals surface area (Å²) in [6.07, 6.45) is 7.73. The Morgan fingerprint density at radius 2 is 2.12 bits per heavy atom. The molecule has 0 aromatic carbocycles. The number of rotatable bonds is 4. The molecule has 0 saturated heterocycles. The van der Waals surface area contributed by atoms with E-state index in [4.69, 9.17) is 5.84 Å². The van der Waals surface area contributed by atoms with Crippen molar-refractivity contribution in [3.63, 3.8) is 0 Å². The third kappa shape index (κ3) is 3.31. The van der Waals surface area contributed by atoms with Crippen molar-refractivity contribution in [2.45, 2.75) is 51.5 Å². The lowest BCUT2D eigenvalue weighted by Gasteiger charge is -2.40. The van der Waals surface area contributed by atoms with Gasteiger partial charge in [-0.1, -0.05) is 26.2 Å². The van der Waals surface area contributed by atoms with Crippen LogP contribution in [-0.2, 0) is 6.42 Å². The number of nitrogens with two attached hydrogens (primary N) is 1. The minimum Gasteiger partial charge on any atom is -0.271 e. The van der Waals surface area contributed by atoms with Crippen LogP contribution in [0.1, 0.15) is 43.9 Å². The van der Waals surface area contributed by atoms with Crippen molar-refractivity contribution in [1.82, 2.24) is 5.43 Å². The summed E-state index contributed by atoms with van der Waals surface area (Å²) in [6, 6.07) is 4.72. The van der Waals surface area contributed by atoms with Crippen LogP contribution >= 0.6 is 27.3 Å². The lowest BCUT2D eigenvalue weighted by Crippen LogP contribution is -2.49. The largest absolute Gasteiger partial charge is 0.271 e. The van der Waals surface area contributed by atoms with Crippen molar-refractivity contribution in [1.29, 1.82) is 0 Å². The van der Waals surface area contributed by atoms with Gasteiger partial charge in [0.15, 0.2) is 0 Å². The van der Waals surface area contributed by atoms with Crippen LogP contribution in [0.5, 0.6) is 0 Å². The van der Waals surface area contributed by atoms with Gasteiger partial charge in [0.2, 0.25) is 0 Å². The Kier molecular flexibility index (Phi) is 4.64. The van der Waals surface area contributed by atoms with Crippen molar-refractivity contribution >= 4 is 27.3 Å². The van der Waals surface area contributed by atoms with Gasteiger partial charge in [-0.25, -0.2) is 0 Å². The van der Waals surface area contributed by atoms with Crippen LogP contribution < -0.4 is 11.3 Å². The first kappa shape index (κ1) is 13.5. The lowest BCUT2D eigenvalue weighted by atomic mass is 9.70. The van der Waals surface area contributed by atoms with E-state index in [1.807, 2.05) is 11.3 Å². The zero-order chi connectivity index (χ0) is 12.3. The molecule has 3 N–H and O–H groups in total. The smallest absolute Gasteiger partial charge is 0.0701 e. The van der Waals surface area contributed by atoms with Crippen molar-refractivity contribution < 1.29 is 0 Å². The first-order valence-corrected chi connectivity index (χ1v) is 7.95. The summed E-state index contributed by atoms with van der Waals surface area (Å²) in [6.45, 7) is 2.39. The highest BCUT2D eigenvalue weighted by atomic mass is 79.9. The van der Waals surface area contributed by atoms with Crippen molar-refractivity contribution in [2.75, 3.05) is 0 Å². The molecule has 1 aliphatic carbocycles. The summed E-state index contributed by atoms with van der Waals surface area (Å²) < 4.78 is 1.21. The van der Waals surface area contributed by atoms with Crippen molar-refractivity contribution in [3.8, 4) is 0 Å². The average molecular weight is 317 g/mol. The highest BCUT2D eigenvalue weighted by Gasteiger charge is 2.34. The maximum Gasteiger partial charge on any atom is 0.0701 e. The SMILES string of the molecule is CC1(C(Cc2ccc(Br)s2)NN)CCCCC1. The average Bonchev–Trinajstić information content (AvgIpc) is 2.72. The van der Waals surface area contributed by atoms with E-state index in [1.165, 1.54) is 40.8 Å². The maximum absolute atomic E-state index is 5.79. The summed E-state index contributed by atoms with van der Waals surface area (Å²) in [4.78, 5) is 1.41. The molecule has 1 aromatic heterocycles. The van der Waals surface area contributed by atoms with E-state index in [0.29, 0.717) is 11.5 Å². The van der Waals surface area contributed by atoms with Crippen LogP contribution in [0, 0.1) is 5.41 Å². The molecule has 0 radical (unpaired) electrons. The fourth-order valence-corrected chi connectivity index (χ4v) is 4.41. The zero-order valence-electron chi connectivity index (χ0n) is 10.3. The van der Waals surface area contributed by atoms with Crippen LogP contribution in [0.15, 0.2) is 15.9 Å². The van der Waals surface area contributed by atoms with Gasteiger partial charge in [0.1, 0.15) is 0 Å². The molecule has 17 heavy (non-hydrogen) atoms. The van der Waals surface area contributed by atoms with Crippen LogP contribution in [0.3, 0.4) is 0 Å². The van der Waals surface area contributed by atoms with Crippen molar-refractivity contribution in [2.24, 2.45) is 11.3 Å². The predicted octanol–water partition coefficient (Wildman–Crippen LogP) is 3.86. The highest BCUT2D eigenvalue weighted by molar-refractivity contribution is 9.11. The standard InChI is InChI=1S/C13H21BrN2S/c1-13(7-3-2-4-8-13)11(16-15)9-10-5-6-12(14)17-10/h5-6,11,16H,2-4,7-9,15H2,1H3. The van der Waals surface area contributed by atoms with Gasteiger partial charge in [-0.2, -0.15) is 0 Å². The maximum atomic E-state index is 5.79. The van der Waals surface area contributed by atoms with E-state index in [9.17, 15) is 0 Å². The van der Waals surface area contributed by atoms with E-state index in [0.717, 1.165) is 6.42 Å². The second-order valence-corrected chi connectivity index (χ2v) is 7.89. The van der Waals surface area contributed by atoms with Crippen LogP contribution in [0.4, 0.5) is 0 Å². The minimum atomic E-state index is 0.365. The third-order valence-electron chi connectivity index (χ3n) is 4.07. The number of halogens is 1. The Morgan fingerprint density at radius 1 is 1.41 bits per heavy atom. The summed E-state index contributed by atoms with van der Waals surface area (Å²) in [5.41, 5.74) is 3.43. The van der Waals surface area contributed by atoms with Crippen molar-refractivity contribution in [3.05, 3.63) is 20.8 Å². The first-order chi connectivity index (χ1) is 8.14. The lowest BCUT2D eigenvalue weighted by molar-refractivity contribution is 0.144. The Morgan fingerprint density at radius 3 is 2.65 bits per heavy atom. The topological polar surface area (TPSA) is 38.0 Å². The molecule has 1 aromatic rings. The molecule has 0 spiro atoms. The normalized spacial score (nSPS) is 21.4. The van der Waals surface area contributed by atoms with Crippen LogP contribution in [0.2, 0.25) is 0 Å². The van der Waals surface area contributed by atoms with Crippen LogP contribution in [-0.4, -0.2) is 6.04 Å². The van der Waals surface area contributed by atoms with E-state index in [-0.39, 0.29) is 0 Å². The monoisotopic (exact) mass is 316 g/mol. The van der Waals surface area contributed by atoms with Gasteiger partial charge in [0.05, 0.1) is 3.79 Å². The van der Waals surface area contributed by atoms with E-state index in [2.05, 4.69) is 40.4 Å². The highest BCUT2D eigenvalue weighted by Crippen LogP contribution is 2.40. The van der Waals surface area contributed by atoms with Gasteiger partial charge in [-0.15, -0.1) is 11.3 Å². The third-order valence-corrected chi connectivity index (χ3v) is 5.72. The molecule has 2 nitrogen and oxygen atoms in total. The molecule has 4 heteroatoms. The number of thiophene rings is 1. The number of nitrogens with one attached hydrogen (secondary N) is 1. The van der Waals surface area contributed by atoms with Gasteiger partial charge in [-0.05, 0) is 52.7 Å². The molecular formula is C13H21BrN2S. The fourth-order valence-electron chi connectivity index (χ4n) is 2.88. The Balaban J connectivity index is 2.05. The predicted molar refractivity (Wildman–Crippen MR) is 78.0 cm³/mol. The summed E-state index contributed by atoms with van der Waals surface area (Å²) in [5.74, 6) is 5.79. The molecule has 2 rings (SSSR count). The molecule has 1 fully saturated rings. The van der Waals surface area contributed by atoms with Gasteiger partial charge in [0.25, 0.3) is 0 Å². The van der Waals surface area contributed by atoms with Gasteiger partial charge in [0, 0.05) is 10.9 Å². The molecule has 0 aliphatic heterocycles. The second kappa shape index (κ2) is 5.83. The number of hydrogen-bond donors (Lipinski definition) is 2. The number of hydrazine groups is 1. The second-order valence-electron chi connectivity index (χ2n) is 5.34. The molecule has 1 unspecified atom stereocenters. The van der Waals surface area contributed by atoms with Gasteiger partial charge < -0.3 is 0 Å². The first-order valence-electron chi connectivity index (χ1n) is 6.34. The van der Waals surface area contributed by atoms with Crippen LogP contribution in [0.25, 0.3) is 0 Å². The molecule has 1 saturated carbocycles. The minimum absolute atomic E-state index is 0.365. The Hall–Kier alpha value is 0.1000. The Labute approximate surface area is 116 Å². The van der Waals surface area contributed by atoms with E-state index >= 15 is 0 Å². The zero-order valence-corrected chi connectivity index (χ0v) is 12.7. The van der Waals surface area contributed by atoms with E-state index in [1.54, 1.807) is 0 Å². The van der Waals surface area contributed by atoms with Gasteiger partial charge in [-0.3, -0.25) is 11.3 Å².